The lowest BCUT2D eigenvalue weighted by atomic mass is 10.2. The molecule has 134 valence electrons. The van der Waals surface area contributed by atoms with Crippen LogP contribution in [0.5, 0.6) is 11.5 Å². The van der Waals surface area contributed by atoms with E-state index in [1.165, 1.54) is 19.4 Å². The monoisotopic (exact) mass is 455 g/mol. The van der Waals surface area contributed by atoms with Gasteiger partial charge in [0, 0.05) is 17.2 Å². The van der Waals surface area contributed by atoms with Crippen molar-refractivity contribution in [3.8, 4) is 11.5 Å². The first-order valence-electron chi connectivity index (χ1n) is 7.44. The number of benzene rings is 2. The second-order valence-electron chi connectivity index (χ2n) is 6.18. The third-order valence-electron chi connectivity index (χ3n) is 3.51. The Bertz CT molecular complexity index is 753. The summed E-state index contributed by atoms with van der Waals surface area (Å²) in [7, 11) is 7.69. The number of ether oxygens (including phenoxy) is 1. The maximum atomic E-state index is 12.1. The molecule has 0 aliphatic rings. The highest BCUT2D eigenvalue weighted by Crippen LogP contribution is 2.21. The summed E-state index contributed by atoms with van der Waals surface area (Å²) < 4.78 is 5.69. The Morgan fingerprint density at radius 3 is 2.32 bits per heavy atom. The second-order valence-corrected chi connectivity index (χ2v) is 6.18. The minimum atomic E-state index is -0.313. The van der Waals surface area contributed by atoms with E-state index < -0.39 is 0 Å². The van der Waals surface area contributed by atoms with Gasteiger partial charge in [-0.2, -0.15) is 5.10 Å². The van der Waals surface area contributed by atoms with Crippen LogP contribution in [0.2, 0.25) is 0 Å². The summed E-state index contributed by atoms with van der Waals surface area (Å²) in [5.41, 5.74) is 4.54. The van der Waals surface area contributed by atoms with Crippen LogP contribution in [-0.2, 0) is 0 Å². The number of hydrogen-bond donors (Lipinski definition) is 2. The molecule has 2 aromatic carbocycles. The molecule has 0 spiro atoms. The van der Waals surface area contributed by atoms with Crippen molar-refractivity contribution in [1.29, 1.82) is 0 Å². The number of phenols is 1. The van der Waals surface area contributed by atoms with Gasteiger partial charge in [-0.3, -0.25) is 9.28 Å². The van der Waals surface area contributed by atoms with E-state index in [9.17, 15) is 9.90 Å². The highest BCUT2D eigenvalue weighted by molar-refractivity contribution is 5.95. The summed E-state index contributed by atoms with van der Waals surface area (Å²) in [6.07, 6.45) is 1.38. The van der Waals surface area contributed by atoms with Crippen molar-refractivity contribution >= 4 is 17.8 Å². The number of hydrazone groups is 1. The summed E-state index contributed by atoms with van der Waals surface area (Å²) in [6, 6.07) is 12.2. The smallest absolute Gasteiger partial charge is 0.271 e. The number of quaternary nitrogens is 1. The minimum absolute atomic E-state index is 0. The Morgan fingerprint density at radius 1 is 1.16 bits per heavy atom. The second kappa shape index (κ2) is 8.82. The fourth-order valence-corrected chi connectivity index (χ4v) is 2.04. The van der Waals surface area contributed by atoms with E-state index in [0.29, 0.717) is 21.4 Å². The van der Waals surface area contributed by atoms with Crippen LogP contribution in [0, 0.1) is 0 Å². The van der Waals surface area contributed by atoms with Gasteiger partial charge in [-0.15, -0.1) is 0 Å². The number of nitrogens with zero attached hydrogens (tertiary/aromatic N) is 2. The van der Waals surface area contributed by atoms with Crippen molar-refractivity contribution in [1.82, 2.24) is 9.91 Å². The number of nitrogens with one attached hydrogen (secondary N) is 1. The molecule has 2 N–H and O–H groups in total. The van der Waals surface area contributed by atoms with Gasteiger partial charge in [-0.1, -0.05) is 0 Å². The molecule has 0 aliphatic heterocycles. The zero-order valence-corrected chi connectivity index (χ0v) is 16.8. The number of carbonyl (C=O) groups is 1. The summed E-state index contributed by atoms with van der Waals surface area (Å²) in [5.74, 6) is 0.262. The Morgan fingerprint density at radius 2 is 1.80 bits per heavy atom. The van der Waals surface area contributed by atoms with Crippen LogP contribution in [0.4, 0.5) is 5.69 Å². The SMILES string of the molecule is COc1ccc(/C=N/NC(=O)c2ccc([N+](C)(C)C)cc2)c(O)c1.[I-]. The molecule has 0 fully saturated rings. The fraction of sp³-hybridized carbons (Fsp3) is 0.222. The number of phenolic OH excluding ortho intramolecular Hbond substituents is 1. The molecule has 25 heavy (non-hydrogen) atoms. The number of rotatable bonds is 5. The molecule has 0 heterocycles. The molecule has 7 heteroatoms. The van der Waals surface area contributed by atoms with Gasteiger partial charge in [0.05, 0.1) is 34.5 Å². The summed E-state index contributed by atoms with van der Waals surface area (Å²) in [6.45, 7) is 0. The molecule has 0 bridgehead atoms. The minimum Gasteiger partial charge on any atom is -1.00 e. The highest BCUT2D eigenvalue weighted by atomic mass is 127. The fourth-order valence-electron chi connectivity index (χ4n) is 2.04. The average molecular weight is 455 g/mol. The van der Waals surface area contributed by atoms with E-state index in [4.69, 9.17) is 4.74 Å². The van der Waals surface area contributed by atoms with E-state index >= 15 is 0 Å². The lowest BCUT2D eigenvalue weighted by Crippen LogP contribution is -3.00. The van der Waals surface area contributed by atoms with Crippen LogP contribution in [0.1, 0.15) is 15.9 Å². The van der Waals surface area contributed by atoms with Crippen molar-refractivity contribution in [3.05, 3.63) is 53.6 Å². The first-order valence-corrected chi connectivity index (χ1v) is 7.44. The standard InChI is InChI=1S/C18H21N3O3.HI/c1-21(2,3)15-8-5-13(6-9-15)18(23)20-19-12-14-7-10-16(24-4)11-17(14)22;/h5-12H,1-4H3,(H-,19,20,22,23);1H. The molecule has 0 saturated carbocycles. The lowest BCUT2D eigenvalue weighted by Gasteiger charge is -2.23. The Kier molecular flexibility index (Phi) is 7.38. The molecular formula is C18H22IN3O3. The summed E-state index contributed by atoms with van der Waals surface area (Å²) in [4.78, 5) is 12.1. The number of halogens is 1. The lowest BCUT2D eigenvalue weighted by molar-refractivity contribution is -0.0000147. The van der Waals surface area contributed by atoms with Gasteiger partial charge in [0.25, 0.3) is 5.91 Å². The predicted octanol–water partition coefficient (Wildman–Crippen LogP) is -0.635. The maximum Gasteiger partial charge on any atom is 0.271 e. The summed E-state index contributed by atoms with van der Waals surface area (Å²) >= 11 is 0. The largest absolute Gasteiger partial charge is 1.00 e. The van der Waals surface area contributed by atoms with E-state index in [-0.39, 0.29) is 35.6 Å². The van der Waals surface area contributed by atoms with Crippen molar-refractivity contribution in [2.45, 2.75) is 0 Å². The van der Waals surface area contributed by atoms with E-state index in [0.717, 1.165) is 5.69 Å². The predicted molar refractivity (Wildman–Crippen MR) is 95.7 cm³/mol. The van der Waals surface area contributed by atoms with Crippen molar-refractivity contribution in [2.24, 2.45) is 5.10 Å². The Balaban J connectivity index is 0.00000312. The number of carbonyl (C=O) groups excluding carboxylic acids is 1. The zero-order valence-electron chi connectivity index (χ0n) is 14.7. The van der Waals surface area contributed by atoms with Gasteiger partial charge >= 0.3 is 0 Å². The van der Waals surface area contributed by atoms with Gasteiger partial charge < -0.3 is 33.8 Å². The third kappa shape index (κ3) is 5.71. The molecule has 0 radical (unpaired) electrons. The molecule has 0 aliphatic carbocycles. The molecule has 0 atom stereocenters. The normalized spacial score (nSPS) is 11.0. The van der Waals surface area contributed by atoms with Gasteiger partial charge in [-0.05, 0) is 36.4 Å². The van der Waals surface area contributed by atoms with Crippen molar-refractivity contribution < 1.29 is 38.6 Å². The first-order chi connectivity index (χ1) is 11.3. The van der Waals surface area contributed by atoms with E-state index in [1.54, 1.807) is 24.3 Å². The first kappa shape index (κ1) is 20.9. The zero-order chi connectivity index (χ0) is 17.7. The molecule has 2 aromatic rings. The quantitative estimate of drug-likeness (QED) is 0.273. The van der Waals surface area contributed by atoms with Crippen LogP contribution >= 0.6 is 0 Å². The van der Waals surface area contributed by atoms with Crippen molar-refractivity contribution in [2.75, 3.05) is 28.3 Å². The van der Waals surface area contributed by atoms with Crippen LogP contribution < -0.4 is 38.6 Å². The van der Waals surface area contributed by atoms with Crippen LogP contribution in [0.15, 0.2) is 47.6 Å². The van der Waals surface area contributed by atoms with Gasteiger partial charge in [0.2, 0.25) is 0 Å². The van der Waals surface area contributed by atoms with E-state index in [2.05, 4.69) is 31.7 Å². The van der Waals surface area contributed by atoms with E-state index in [1.807, 2.05) is 12.1 Å². The Hall–Kier alpha value is -2.13. The highest BCUT2D eigenvalue weighted by Gasteiger charge is 2.13. The molecule has 2 rings (SSSR count). The molecule has 0 unspecified atom stereocenters. The van der Waals surface area contributed by atoms with Gasteiger partial charge in [-0.25, -0.2) is 5.43 Å². The third-order valence-corrected chi connectivity index (χ3v) is 3.51. The average Bonchev–Trinajstić information content (AvgIpc) is 2.55. The summed E-state index contributed by atoms with van der Waals surface area (Å²) in [5, 5.41) is 13.7. The van der Waals surface area contributed by atoms with Gasteiger partial charge in [0.1, 0.15) is 17.2 Å². The molecular weight excluding hydrogens is 433 g/mol. The molecule has 0 saturated heterocycles. The van der Waals surface area contributed by atoms with Crippen LogP contribution in [0.25, 0.3) is 0 Å². The molecule has 6 nitrogen and oxygen atoms in total. The van der Waals surface area contributed by atoms with Crippen LogP contribution in [0.3, 0.4) is 0 Å². The maximum absolute atomic E-state index is 12.1. The number of amides is 1. The number of aromatic hydroxyl groups is 1. The number of methoxy groups -OCH3 is 1. The van der Waals surface area contributed by atoms with Crippen LogP contribution in [-0.4, -0.2) is 45.5 Å². The molecule has 1 amide bonds. The van der Waals surface area contributed by atoms with Gasteiger partial charge in [0.15, 0.2) is 0 Å². The Labute approximate surface area is 164 Å². The number of hydrogen-bond acceptors (Lipinski definition) is 4. The molecule has 0 aromatic heterocycles. The van der Waals surface area contributed by atoms with Crippen molar-refractivity contribution in [3.63, 3.8) is 0 Å². The topological polar surface area (TPSA) is 70.9 Å².